The first-order valence-electron chi connectivity index (χ1n) is 5.74. The van der Waals surface area contributed by atoms with Gasteiger partial charge >= 0.3 is 12.1 Å². The molecule has 0 unspecified atom stereocenters. The third-order valence-electron chi connectivity index (χ3n) is 2.49. The zero-order chi connectivity index (χ0) is 15.6. The van der Waals surface area contributed by atoms with E-state index in [1.807, 2.05) is 0 Å². The number of aromatic nitrogens is 2. The van der Waals surface area contributed by atoms with E-state index in [9.17, 15) is 18.0 Å². The van der Waals surface area contributed by atoms with Crippen LogP contribution in [-0.4, -0.2) is 21.0 Å². The van der Waals surface area contributed by atoms with E-state index >= 15 is 0 Å². The topological polar surface area (TPSA) is 88.2 Å². The van der Waals surface area contributed by atoms with Gasteiger partial charge in [-0.3, -0.25) is 0 Å². The third-order valence-corrected chi connectivity index (χ3v) is 2.49. The molecule has 0 aliphatic heterocycles. The average Bonchev–Trinajstić information content (AvgIpc) is 2.80. The first kappa shape index (κ1) is 14.8. The summed E-state index contributed by atoms with van der Waals surface area (Å²) in [6.07, 6.45) is -3.22. The molecule has 9 heteroatoms. The Bertz CT molecular complexity index is 667. The van der Waals surface area contributed by atoms with Crippen LogP contribution < -0.4 is 5.32 Å². The molecule has 2 aromatic rings. The molecule has 0 aliphatic carbocycles. The lowest BCUT2D eigenvalue weighted by Gasteiger charge is -2.11. The van der Waals surface area contributed by atoms with Crippen LogP contribution in [-0.2, 0) is 12.7 Å². The number of alkyl halides is 3. The zero-order valence-corrected chi connectivity index (χ0v) is 10.7. The number of aryl methyl sites for hydroxylation is 1. The fourth-order valence-electron chi connectivity index (χ4n) is 1.57. The minimum absolute atomic E-state index is 0.0809. The molecule has 0 saturated carbocycles. The van der Waals surface area contributed by atoms with Crippen molar-refractivity contribution in [3.05, 3.63) is 41.2 Å². The van der Waals surface area contributed by atoms with Crippen LogP contribution in [0.5, 0.6) is 0 Å². The number of anilines is 1. The average molecular weight is 301 g/mol. The van der Waals surface area contributed by atoms with Crippen molar-refractivity contribution in [1.29, 1.82) is 0 Å². The molecule has 112 valence electrons. The molecule has 21 heavy (non-hydrogen) atoms. The molecule has 0 bridgehead atoms. The van der Waals surface area contributed by atoms with Crippen LogP contribution in [0.4, 0.5) is 19.0 Å². The highest BCUT2D eigenvalue weighted by atomic mass is 19.4. The molecule has 2 aromatic heterocycles. The van der Waals surface area contributed by atoms with Crippen LogP contribution >= 0.6 is 0 Å². The molecule has 0 saturated heterocycles. The lowest BCUT2D eigenvalue weighted by atomic mass is 10.2. The van der Waals surface area contributed by atoms with E-state index < -0.39 is 23.7 Å². The van der Waals surface area contributed by atoms with Crippen molar-refractivity contribution in [3.8, 4) is 0 Å². The van der Waals surface area contributed by atoms with E-state index in [1.54, 1.807) is 6.92 Å². The Morgan fingerprint density at radius 1 is 1.43 bits per heavy atom. The maximum atomic E-state index is 12.6. The quantitative estimate of drug-likeness (QED) is 0.902. The largest absolute Gasteiger partial charge is 0.478 e. The number of carboxylic acid groups (broad SMARTS) is 1. The monoisotopic (exact) mass is 301 g/mol. The summed E-state index contributed by atoms with van der Waals surface area (Å²) in [4.78, 5) is 18.1. The van der Waals surface area contributed by atoms with E-state index in [1.165, 1.54) is 6.20 Å². The van der Waals surface area contributed by atoms with Gasteiger partial charge in [0.05, 0.1) is 12.7 Å². The summed E-state index contributed by atoms with van der Waals surface area (Å²) in [7, 11) is 0. The number of carbonyl (C=O) groups is 1. The highest BCUT2D eigenvalue weighted by molar-refractivity contribution is 5.93. The third kappa shape index (κ3) is 3.50. The second kappa shape index (κ2) is 5.43. The molecule has 6 nitrogen and oxygen atoms in total. The van der Waals surface area contributed by atoms with Crippen molar-refractivity contribution >= 4 is 11.8 Å². The van der Waals surface area contributed by atoms with E-state index in [2.05, 4.69) is 15.3 Å². The van der Waals surface area contributed by atoms with E-state index in [4.69, 9.17) is 9.52 Å². The fraction of sp³-hybridized carbons (Fsp3) is 0.250. The fourth-order valence-corrected chi connectivity index (χ4v) is 1.57. The van der Waals surface area contributed by atoms with Gasteiger partial charge in [-0.25, -0.2) is 14.8 Å². The van der Waals surface area contributed by atoms with E-state index in [0.717, 1.165) is 6.07 Å². The molecule has 2 N–H and O–H groups in total. The van der Waals surface area contributed by atoms with E-state index in [-0.39, 0.29) is 18.0 Å². The number of aromatic carboxylic acids is 1. The predicted molar refractivity (Wildman–Crippen MR) is 64.8 cm³/mol. The summed E-state index contributed by atoms with van der Waals surface area (Å²) in [6.45, 7) is 1.57. The van der Waals surface area contributed by atoms with Crippen LogP contribution in [0.15, 0.2) is 22.7 Å². The van der Waals surface area contributed by atoms with Crippen LogP contribution in [0.1, 0.15) is 27.7 Å². The smallest absolute Gasteiger partial charge is 0.433 e. The summed E-state index contributed by atoms with van der Waals surface area (Å²) in [5, 5.41) is 11.4. The van der Waals surface area contributed by atoms with Crippen molar-refractivity contribution in [1.82, 2.24) is 9.97 Å². The van der Waals surface area contributed by atoms with Crippen LogP contribution in [0, 0.1) is 6.92 Å². The van der Waals surface area contributed by atoms with Crippen LogP contribution in [0.3, 0.4) is 0 Å². The lowest BCUT2D eigenvalue weighted by molar-refractivity contribution is -0.141. The summed E-state index contributed by atoms with van der Waals surface area (Å²) in [5.41, 5.74) is -1.55. The van der Waals surface area contributed by atoms with Gasteiger partial charge < -0.3 is 14.8 Å². The Morgan fingerprint density at radius 3 is 2.67 bits per heavy atom. The highest BCUT2D eigenvalue weighted by Crippen LogP contribution is 2.29. The van der Waals surface area contributed by atoms with Crippen LogP contribution in [0.25, 0.3) is 0 Å². The van der Waals surface area contributed by atoms with Crippen molar-refractivity contribution in [2.75, 3.05) is 5.32 Å². The SMILES string of the molecule is Cc1cnc(CNc2nc(C(F)(F)F)ccc2C(=O)O)o1. The lowest BCUT2D eigenvalue weighted by Crippen LogP contribution is -2.14. The van der Waals surface area contributed by atoms with Crippen molar-refractivity contribution in [2.24, 2.45) is 0 Å². The number of nitrogens with one attached hydrogen (secondary N) is 1. The van der Waals surface area contributed by atoms with Gasteiger partial charge in [-0.1, -0.05) is 0 Å². The minimum atomic E-state index is -4.66. The maximum absolute atomic E-state index is 12.6. The second-order valence-electron chi connectivity index (χ2n) is 4.11. The van der Waals surface area contributed by atoms with Crippen molar-refractivity contribution in [2.45, 2.75) is 19.6 Å². The van der Waals surface area contributed by atoms with Gasteiger partial charge in [0, 0.05) is 0 Å². The van der Waals surface area contributed by atoms with Crippen molar-refractivity contribution in [3.63, 3.8) is 0 Å². The first-order chi connectivity index (χ1) is 9.77. The molecule has 0 atom stereocenters. The van der Waals surface area contributed by atoms with Gasteiger partial charge in [0.15, 0.2) is 0 Å². The molecule has 0 aliphatic rings. The molecule has 2 rings (SSSR count). The Balaban J connectivity index is 2.28. The maximum Gasteiger partial charge on any atom is 0.433 e. The molecule has 0 spiro atoms. The normalized spacial score (nSPS) is 11.4. The molecule has 2 heterocycles. The number of halogens is 3. The summed E-state index contributed by atoms with van der Waals surface area (Å²) in [6, 6.07) is 1.46. The number of carboxylic acids is 1. The summed E-state index contributed by atoms with van der Waals surface area (Å²) >= 11 is 0. The zero-order valence-electron chi connectivity index (χ0n) is 10.7. The molecule has 0 amide bonds. The number of oxazole rings is 1. The first-order valence-corrected chi connectivity index (χ1v) is 5.74. The van der Waals surface area contributed by atoms with Gasteiger partial charge in [-0.2, -0.15) is 13.2 Å². The summed E-state index contributed by atoms with van der Waals surface area (Å²) in [5.74, 6) is -1.04. The van der Waals surface area contributed by atoms with E-state index in [0.29, 0.717) is 11.8 Å². The van der Waals surface area contributed by atoms with Gasteiger partial charge in [0.2, 0.25) is 5.89 Å². The van der Waals surface area contributed by atoms with Gasteiger partial charge in [-0.15, -0.1) is 0 Å². The van der Waals surface area contributed by atoms with Crippen molar-refractivity contribution < 1.29 is 27.5 Å². The van der Waals surface area contributed by atoms with Gasteiger partial charge in [0.1, 0.15) is 22.8 Å². The predicted octanol–water partition coefficient (Wildman–Crippen LogP) is 2.71. The Kier molecular flexibility index (Phi) is 3.83. The molecule has 0 aromatic carbocycles. The Morgan fingerprint density at radius 2 is 2.14 bits per heavy atom. The van der Waals surface area contributed by atoms with Gasteiger partial charge in [-0.05, 0) is 19.1 Å². The molecular weight excluding hydrogens is 291 g/mol. The Labute approximate surface area is 116 Å². The molecule has 0 radical (unpaired) electrons. The Hall–Kier alpha value is -2.58. The standard InChI is InChI=1S/C12H10F3N3O3/c1-6-4-16-9(21-6)5-17-10-7(11(19)20)2-3-8(18-10)12(13,14)15/h2-4H,5H2,1H3,(H,17,18)(H,19,20). The second-order valence-corrected chi connectivity index (χ2v) is 4.11. The van der Waals surface area contributed by atoms with Gasteiger partial charge in [0.25, 0.3) is 0 Å². The number of hydrogen-bond acceptors (Lipinski definition) is 5. The molecular formula is C12H10F3N3O3. The summed E-state index contributed by atoms with van der Waals surface area (Å²) < 4.78 is 42.9. The molecule has 0 fully saturated rings. The number of pyridine rings is 1. The highest BCUT2D eigenvalue weighted by Gasteiger charge is 2.33. The number of hydrogen-bond donors (Lipinski definition) is 2. The number of nitrogens with zero attached hydrogens (tertiary/aromatic N) is 2. The van der Waals surface area contributed by atoms with Crippen LogP contribution in [0.2, 0.25) is 0 Å². The minimum Gasteiger partial charge on any atom is -0.478 e. The number of rotatable bonds is 4.